The third kappa shape index (κ3) is 3.21. The number of rotatable bonds is 1. The minimum atomic E-state index is 0.531. The molecule has 1 heteroatoms. The molecule has 0 N–H and O–H groups in total. The Hall–Kier alpha value is -2.07. The van der Waals surface area contributed by atoms with E-state index < -0.39 is 0 Å². The Morgan fingerprint density at radius 3 is 2.50 bits per heavy atom. The van der Waals surface area contributed by atoms with Crippen LogP contribution in [0.15, 0.2) is 42.5 Å². The van der Waals surface area contributed by atoms with Crippen molar-refractivity contribution in [3.8, 4) is 11.8 Å². The summed E-state index contributed by atoms with van der Waals surface area (Å²) in [6.45, 7) is 6.36. The Morgan fingerprint density at radius 2 is 1.78 bits per heavy atom. The van der Waals surface area contributed by atoms with E-state index >= 15 is 0 Å². The highest BCUT2D eigenvalue weighted by atomic mass is 14.7. The van der Waals surface area contributed by atoms with Crippen molar-refractivity contribution in [3.63, 3.8) is 0 Å². The minimum Gasteiger partial charge on any atom is -0.245 e. The zero-order valence-electron chi connectivity index (χ0n) is 11.1. The maximum Gasteiger partial charge on any atom is 0.113 e. The van der Waals surface area contributed by atoms with Crippen LogP contribution in [0.3, 0.4) is 0 Å². The van der Waals surface area contributed by atoms with Gasteiger partial charge < -0.3 is 0 Å². The monoisotopic (exact) mass is 235 g/mol. The molecular formula is C17H17N. The average molecular weight is 235 g/mol. The van der Waals surface area contributed by atoms with Gasteiger partial charge in [0.05, 0.1) is 0 Å². The van der Waals surface area contributed by atoms with E-state index in [9.17, 15) is 0 Å². The van der Waals surface area contributed by atoms with Gasteiger partial charge in [0.25, 0.3) is 0 Å². The fourth-order valence-corrected chi connectivity index (χ4v) is 1.72. The van der Waals surface area contributed by atoms with Crippen LogP contribution in [0, 0.1) is 18.8 Å². The first kappa shape index (κ1) is 12.4. The quantitative estimate of drug-likeness (QED) is 0.683. The predicted octanol–water partition coefficient (Wildman–Crippen LogP) is 3.91. The summed E-state index contributed by atoms with van der Waals surface area (Å²) >= 11 is 0. The molecule has 0 saturated carbocycles. The fraction of sp³-hybridized carbons (Fsp3) is 0.235. The summed E-state index contributed by atoms with van der Waals surface area (Å²) in [5.74, 6) is 6.81. The van der Waals surface area contributed by atoms with E-state index in [0.29, 0.717) is 5.92 Å². The van der Waals surface area contributed by atoms with Gasteiger partial charge in [-0.1, -0.05) is 38.0 Å². The highest BCUT2D eigenvalue weighted by Crippen LogP contribution is 2.14. The second kappa shape index (κ2) is 5.51. The summed E-state index contributed by atoms with van der Waals surface area (Å²) in [7, 11) is 0. The summed E-state index contributed by atoms with van der Waals surface area (Å²) in [5.41, 5.74) is 4.19. The van der Waals surface area contributed by atoms with Gasteiger partial charge in [-0.3, -0.25) is 0 Å². The Labute approximate surface area is 109 Å². The lowest BCUT2D eigenvalue weighted by Gasteiger charge is -2.04. The highest BCUT2D eigenvalue weighted by molar-refractivity contribution is 5.42. The largest absolute Gasteiger partial charge is 0.245 e. The smallest absolute Gasteiger partial charge is 0.113 e. The fourth-order valence-electron chi connectivity index (χ4n) is 1.72. The van der Waals surface area contributed by atoms with Crippen molar-refractivity contribution in [2.45, 2.75) is 26.7 Å². The molecule has 0 radical (unpaired) electrons. The Morgan fingerprint density at radius 1 is 1.00 bits per heavy atom. The second-order valence-electron chi connectivity index (χ2n) is 4.69. The first-order valence-electron chi connectivity index (χ1n) is 6.21. The molecule has 0 bridgehead atoms. The SMILES string of the molecule is Cc1cccc(C#Cc2cccc(C(C)C)c2)n1. The van der Waals surface area contributed by atoms with E-state index in [4.69, 9.17) is 0 Å². The van der Waals surface area contributed by atoms with Gasteiger partial charge in [-0.25, -0.2) is 4.98 Å². The maximum atomic E-state index is 4.37. The van der Waals surface area contributed by atoms with Gasteiger partial charge in [-0.15, -0.1) is 0 Å². The molecular weight excluding hydrogens is 218 g/mol. The van der Waals surface area contributed by atoms with E-state index in [0.717, 1.165) is 17.0 Å². The van der Waals surface area contributed by atoms with E-state index in [-0.39, 0.29) is 0 Å². The lowest BCUT2D eigenvalue weighted by atomic mass is 10.0. The van der Waals surface area contributed by atoms with Gasteiger partial charge in [0.2, 0.25) is 0 Å². The molecule has 2 rings (SSSR count). The van der Waals surface area contributed by atoms with Gasteiger partial charge >= 0.3 is 0 Å². The van der Waals surface area contributed by atoms with Crippen LogP contribution in [0.5, 0.6) is 0 Å². The Kier molecular flexibility index (Phi) is 3.79. The number of aryl methyl sites for hydroxylation is 1. The molecule has 90 valence electrons. The van der Waals surface area contributed by atoms with E-state index in [1.807, 2.05) is 31.2 Å². The second-order valence-corrected chi connectivity index (χ2v) is 4.69. The van der Waals surface area contributed by atoms with Crippen LogP contribution in [0.1, 0.15) is 42.3 Å². The lowest BCUT2D eigenvalue weighted by Crippen LogP contribution is -1.88. The van der Waals surface area contributed by atoms with Crippen molar-refractivity contribution < 1.29 is 0 Å². The van der Waals surface area contributed by atoms with Crippen LogP contribution < -0.4 is 0 Å². The first-order chi connectivity index (χ1) is 8.65. The lowest BCUT2D eigenvalue weighted by molar-refractivity contribution is 0.866. The van der Waals surface area contributed by atoms with Crippen LogP contribution in [0.4, 0.5) is 0 Å². The number of hydrogen-bond acceptors (Lipinski definition) is 1. The molecule has 0 spiro atoms. The third-order valence-corrected chi connectivity index (χ3v) is 2.78. The van der Waals surface area contributed by atoms with Gasteiger partial charge in [-0.05, 0) is 48.6 Å². The minimum absolute atomic E-state index is 0.531. The summed E-state index contributed by atoms with van der Waals surface area (Å²) in [4.78, 5) is 4.37. The van der Waals surface area contributed by atoms with E-state index in [1.165, 1.54) is 5.56 Å². The van der Waals surface area contributed by atoms with E-state index in [1.54, 1.807) is 0 Å². The van der Waals surface area contributed by atoms with Gasteiger partial charge in [0, 0.05) is 11.3 Å². The molecule has 0 fully saturated rings. The molecule has 18 heavy (non-hydrogen) atoms. The summed E-state index contributed by atoms with van der Waals surface area (Å²) in [6.07, 6.45) is 0. The summed E-state index contributed by atoms with van der Waals surface area (Å²) in [6, 6.07) is 14.3. The van der Waals surface area contributed by atoms with Crippen LogP contribution in [0.25, 0.3) is 0 Å². The molecule has 0 amide bonds. The number of aromatic nitrogens is 1. The van der Waals surface area contributed by atoms with Crippen molar-refractivity contribution >= 4 is 0 Å². The molecule has 0 aliphatic carbocycles. The summed E-state index contributed by atoms with van der Waals surface area (Å²) < 4.78 is 0. The van der Waals surface area contributed by atoms with Crippen molar-refractivity contribution in [1.29, 1.82) is 0 Å². The molecule has 1 heterocycles. The summed E-state index contributed by atoms with van der Waals surface area (Å²) in [5, 5.41) is 0. The molecule has 2 aromatic rings. The average Bonchev–Trinajstić information content (AvgIpc) is 2.37. The Balaban J connectivity index is 2.27. The van der Waals surface area contributed by atoms with Gasteiger partial charge in [0.1, 0.15) is 5.69 Å². The van der Waals surface area contributed by atoms with Crippen molar-refractivity contribution in [1.82, 2.24) is 4.98 Å². The first-order valence-corrected chi connectivity index (χ1v) is 6.21. The zero-order valence-corrected chi connectivity index (χ0v) is 11.1. The standard InChI is InChI=1S/C17H17N/c1-13(2)16-8-5-7-15(12-16)10-11-17-9-4-6-14(3)18-17/h4-9,12-13H,1-3H3. The van der Waals surface area contributed by atoms with Gasteiger partial charge in [-0.2, -0.15) is 0 Å². The molecule has 1 aromatic heterocycles. The van der Waals surface area contributed by atoms with Crippen molar-refractivity contribution in [3.05, 3.63) is 65.0 Å². The maximum absolute atomic E-state index is 4.37. The molecule has 0 saturated heterocycles. The Bertz CT molecular complexity index is 600. The number of benzene rings is 1. The van der Waals surface area contributed by atoms with Gasteiger partial charge in [0.15, 0.2) is 0 Å². The van der Waals surface area contributed by atoms with Crippen LogP contribution >= 0.6 is 0 Å². The predicted molar refractivity (Wildman–Crippen MR) is 75.5 cm³/mol. The number of hydrogen-bond donors (Lipinski definition) is 0. The van der Waals surface area contributed by atoms with Crippen molar-refractivity contribution in [2.24, 2.45) is 0 Å². The normalized spacial score (nSPS) is 10.0. The highest BCUT2D eigenvalue weighted by Gasteiger charge is 1.98. The third-order valence-electron chi connectivity index (χ3n) is 2.78. The van der Waals surface area contributed by atoms with Crippen LogP contribution in [0.2, 0.25) is 0 Å². The van der Waals surface area contributed by atoms with E-state index in [2.05, 4.69) is 48.9 Å². The topological polar surface area (TPSA) is 12.9 Å². The van der Waals surface area contributed by atoms with Crippen LogP contribution in [-0.2, 0) is 0 Å². The molecule has 0 unspecified atom stereocenters. The van der Waals surface area contributed by atoms with Crippen molar-refractivity contribution in [2.75, 3.05) is 0 Å². The van der Waals surface area contributed by atoms with Crippen LogP contribution in [-0.4, -0.2) is 4.98 Å². The molecule has 1 aromatic carbocycles. The molecule has 1 nitrogen and oxygen atoms in total. The molecule has 0 atom stereocenters. The zero-order chi connectivity index (χ0) is 13.0. The molecule has 0 aliphatic rings. The molecule has 0 aliphatic heterocycles. The number of pyridine rings is 1. The number of nitrogens with zero attached hydrogens (tertiary/aromatic N) is 1.